The monoisotopic (exact) mass is 293 g/mol. The van der Waals surface area contributed by atoms with Crippen LogP contribution in [0.5, 0.6) is 0 Å². The van der Waals surface area contributed by atoms with Crippen LogP contribution in [0, 0.1) is 0 Å². The zero-order chi connectivity index (χ0) is 15.6. The van der Waals surface area contributed by atoms with E-state index in [1.54, 1.807) is 4.57 Å². The summed E-state index contributed by atoms with van der Waals surface area (Å²) in [6.45, 7) is 5.75. The fraction of sp³-hybridized carbons (Fsp3) is 0.643. The maximum atomic E-state index is 12.4. The SMILES string of the molecule is CCCn1c(=O)n(C)c(=O)c2c1nc(CCCN)n2CC. The van der Waals surface area contributed by atoms with Crippen molar-refractivity contribution in [3.05, 3.63) is 26.7 Å². The smallest absolute Gasteiger partial charge is 0.330 e. The van der Waals surface area contributed by atoms with Gasteiger partial charge in [0.2, 0.25) is 0 Å². The molecule has 7 nitrogen and oxygen atoms in total. The van der Waals surface area contributed by atoms with Gasteiger partial charge in [-0.25, -0.2) is 9.78 Å². The van der Waals surface area contributed by atoms with Crippen molar-refractivity contribution >= 4 is 11.2 Å². The summed E-state index contributed by atoms with van der Waals surface area (Å²) in [5.74, 6) is 0.825. The predicted molar refractivity (Wildman–Crippen MR) is 82.6 cm³/mol. The first-order chi connectivity index (χ1) is 10.1. The van der Waals surface area contributed by atoms with Crippen molar-refractivity contribution in [3.8, 4) is 0 Å². The van der Waals surface area contributed by atoms with E-state index in [4.69, 9.17) is 5.73 Å². The minimum atomic E-state index is -0.305. The molecule has 116 valence electrons. The molecule has 0 aliphatic heterocycles. The van der Waals surface area contributed by atoms with Gasteiger partial charge in [-0.15, -0.1) is 0 Å². The van der Waals surface area contributed by atoms with Crippen molar-refractivity contribution in [2.24, 2.45) is 12.8 Å². The van der Waals surface area contributed by atoms with Gasteiger partial charge < -0.3 is 10.3 Å². The van der Waals surface area contributed by atoms with E-state index in [0.29, 0.717) is 37.2 Å². The van der Waals surface area contributed by atoms with Crippen LogP contribution >= 0.6 is 0 Å². The van der Waals surface area contributed by atoms with Crippen LogP contribution in [-0.2, 0) is 26.6 Å². The number of hydrogen-bond donors (Lipinski definition) is 1. The van der Waals surface area contributed by atoms with Crippen LogP contribution in [0.25, 0.3) is 11.2 Å². The number of imidazole rings is 1. The van der Waals surface area contributed by atoms with Gasteiger partial charge in [-0.2, -0.15) is 0 Å². The molecule has 7 heteroatoms. The molecular weight excluding hydrogens is 270 g/mol. The molecule has 0 amide bonds. The van der Waals surface area contributed by atoms with Crippen LogP contribution in [0.4, 0.5) is 0 Å². The topological polar surface area (TPSA) is 87.8 Å². The molecule has 0 aliphatic carbocycles. The van der Waals surface area contributed by atoms with Crippen molar-refractivity contribution in [1.82, 2.24) is 18.7 Å². The average Bonchev–Trinajstić information content (AvgIpc) is 2.85. The normalized spacial score (nSPS) is 11.4. The second kappa shape index (κ2) is 6.26. The van der Waals surface area contributed by atoms with Gasteiger partial charge in [0.1, 0.15) is 5.82 Å². The number of nitrogens with zero attached hydrogens (tertiary/aromatic N) is 4. The fourth-order valence-corrected chi connectivity index (χ4v) is 2.62. The standard InChI is InChI=1S/C14H23N5O2/c1-4-9-19-12-11(13(20)17(3)14(19)21)18(5-2)10(16-12)7-6-8-15/h4-9,15H2,1-3H3. The largest absolute Gasteiger partial charge is 0.332 e. The molecule has 2 aromatic rings. The molecule has 0 bridgehead atoms. The number of nitrogens with two attached hydrogens (primary N) is 1. The molecule has 2 aromatic heterocycles. The van der Waals surface area contributed by atoms with Gasteiger partial charge in [-0.1, -0.05) is 6.92 Å². The van der Waals surface area contributed by atoms with Crippen LogP contribution in [-0.4, -0.2) is 25.2 Å². The Labute approximate surface area is 123 Å². The lowest BCUT2D eigenvalue weighted by atomic mass is 10.3. The summed E-state index contributed by atoms with van der Waals surface area (Å²) >= 11 is 0. The van der Waals surface area contributed by atoms with E-state index in [9.17, 15) is 9.59 Å². The van der Waals surface area contributed by atoms with Crippen molar-refractivity contribution in [3.63, 3.8) is 0 Å². The van der Waals surface area contributed by atoms with Gasteiger partial charge in [0, 0.05) is 26.6 Å². The number of hydrogen-bond acceptors (Lipinski definition) is 4. The van der Waals surface area contributed by atoms with Crippen molar-refractivity contribution in [1.29, 1.82) is 0 Å². The highest BCUT2D eigenvalue weighted by Gasteiger charge is 2.18. The van der Waals surface area contributed by atoms with Gasteiger partial charge >= 0.3 is 5.69 Å². The predicted octanol–water partition coefficient (Wildman–Crippen LogP) is 0.218. The van der Waals surface area contributed by atoms with Crippen molar-refractivity contribution in [2.45, 2.75) is 46.2 Å². The van der Waals surface area contributed by atoms with Gasteiger partial charge in [0.15, 0.2) is 11.2 Å². The second-order valence-electron chi connectivity index (χ2n) is 5.14. The highest BCUT2D eigenvalue weighted by Crippen LogP contribution is 2.13. The fourth-order valence-electron chi connectivity index (χ4n) is 2.62. The van der Waals surface area contributed by atoms with E-state index in [1.807, 2.05) is 18.4 Å². The quantitative estimate of drug-likeness (QED) is 0.825. The number of fused-ring (bicyclic) bond motifs is 1. The molecule has 21 heavy (non-hydrogen) atoms. The van der Waals surface area contributed by atoms with E-state index >= 15 is 0 Å². The van der Waals surface area contributed by atoms with Gasteiger partial charge in [0.05, 0.1) is 0 Å². The first-order valence-corrected chi connectivity index (χ1v) is 7.45. The van der Waals surface area contributed by atoms with Gasteiger partial charge in [0.25, 0.3) is 5.56 Å². The van der Waals surface area contributed by atoms with E-state index < -0.39 is 0 Å². The third-order valence-electron chi connectivity index (χ3n) is 3.68. The zero-order valence-electron chi connectivity index (χ0n) is 12.9. The van der Waals surface area contributed by atoms with Crippen molar-refractivity contribution < 1.29 is 0 Å². The zero-order valence-corrected chi connectivity index (χ0v) is 12.9. The van der Waals surface area contributed by atoms with Crippen molar-refractivity contribution in [2.75, 3.05) is 6.54 Å². The van der Waals surface area contributed by atoms with Crippen LogP contribution < -0.4 is 17.0 Å². The maximum absolute atomic E-state index is 12.4. The molecule has 0 saturated carbocycles. The summed E-state index contributed by atoms with van der Waals surface area (Å²) in [4.78, 5) is 29.3. The summed E-state index contributed by atoms with van der Waals surface area (Å²) in [6, 6.07) is 0. The first kappa shape index (κ1) is 15.5. The Balaban J connectivity index is 2.83. The van der Waals surface area contributed by atoms with Gasteiger partial charge in [-0.3, -0.25) is 13.9 Å². The third kappa shape index (κ3) is 2.53. The minimum absolute atomic E-state index is 0.282. The highest BCUT2D eigenvalue weighted by molar-refractivity contribution is 5.71. The highest BCUT2D eigenvalue weighted by atomic mass is 16.2. The maximum Gasteiger partial charge on any atom is 0.332 e. The molecular formula is C14H23N5O2. The summed E-state index contributed by atoms with van der Waals surface area (Å²) < 4.78 is 4.66. The molecule has 0 unspecified atom stereocenters. The average molecular weight is 293 g/mol. The molecule has 2 heterocycles. The Morgan fingerprint density at radius 2 is 1.90 bits per heavy atom. The Bertz CT molecular complexity index is 753. The van der Waals surface area contributed by atoms with E-state index in [0.717, 1.165) is 18.7 Å². The minimum Gasteiger partial charge on any atom is -0.330 e. The third-order valence-corrected chi connectivity index (χ3v) is 3.68. The molecule has 0 aliphatic rings. The van der Waals surface area contributed by atoms with E-state index in [-0.39, 0.29) is 11.2 Å². The second-order valence-corrected chi connectivity index (χ2v) is 5.14. The molecule has 0 spiro atoms. The van der Waals surface area contributed by atoms with E-state index in [2.05, 4.69) is 4.98 Å². The molecule has 2 rings (SSSR count). The van der Waals surface area contributed by atoms with Crippen LogP contribution in [0.3, 0.4) is 0 Å². The number of rotatable bonds is 6. The van der Waals surface area contributed by atoms with Crippen LogP contribution in [0.15, 0.2) is 9.59 Å². The molecule has 0 saturated heterocycles. The Morgan fingerprint density at radius 3 is 2.48 bits per heavy atom. The number of aromatic nitrogens is 4. The van der Waals surface area contributed by atoms with Gasteiger partial charge in [-0.05, 0) is 26.3 Å². The molecule has 0 atom stereocenters. The molecule has 0 radical (unpaired) electrons. The summed E-state index contributed by atoms with van der Waals surface area (Å²) in [5, 5.41) is 0. The summed E-state index contributed by atoms with van der Waals surface area (Å²) in [6.07, 6.45) is 2.33. The summed E-state index contributed by atoms with van der Waals surface area (Å²) in [5.41, 5.74) is 5.99. The lowest BCUT2D eigenvalue weighted by Gasteiger charge is -2.08. The Hall–Kier alpha value is -1.89. The van der Waals surface area contributed by atoms with Crippen LogP contribution in [0.2, 0.25) is 0 Å². The Kier molecular flexibility index (Phi) is 4.62. The lowest BCUT2D eigenvalue weighted by molar-refractivity contribution is 0.609. The molecule has 0 aromatic carbocycles. The molecule has 0 fully saturated rings. The number of aryl methyl sites for hydroxylation is 3. The van der Waals surface area contributed by atoms with E-state index in [1.165, 1.54) is 11.6 Å². The van der Waals surface area contributed by atoms with Crippen LogP contribution in [0.1, 0.15) is 32.5 Å². The Morgan fingerprint density at radius 1 is 1.19 bits per heavy atom. The summed E-state index contributed by atoms with van der Waals surface area (Å²) in [7, 11) is 1.52. The molecule has 2 N–H and O–H groups in total. The lowest BCUT2D eigenvalue weighted by Crippen LogP contribution is -2.38. The first-order valence-electron chi connectivity index (χ1n) is 7.45.